The third-order valence-electron chi connectivity index (χ3n) is 3.52. The summed E-state index contributed by atoms with van der Waals surface area (Å²) < 4.78 is 1.76. The van der Waals surface area contributed by atoms with Gasteiger partial charge in [0.15, 0.2) is 0 Å². The van der Waals surface area contributed by atoms with Crippen molar-refractivity contribution in [1.82, 2.24) is 29.7 Å². The minimum Gasteiger partial charge on any atom is -0.354 e. The Labute approximate surface area is 144 Å². The van der Waals surface area contributed by atoms with Gasteiger partial charge in [-0.1, -0.05) is 0 Å². The van der Waals surface area contributed by atoms with E-state index < -0.39 is 0 Å². The number of hydrogen-bond acceptors (Lipinski definition) is 7. The maximum atomic E-state index is 11.4. The number of nitrogens with one attached hydrogen (secondary N) is 3. The third-order valence-corrected chi connectivity index (χ3v) is 3.52. The summed E-state index contributed by atoms with van der Waals surface area (Å²) in [5, 5.41) is 10.5. The number of hydrogen-bond donors (Lipinski definition) is 3. The maximum absolute atomic E-state index is 11.4. The Morgan fingerprint density at radius 1 is 1.20 bits per heavy atom. The first-order valence-corrected chi connectivity index (χ1v) is 7.90. The van der Waals surface area contributed by atoms with Crippen LogP contribution >= 0.6 is 0 Å². The summed E-state index contributed by atoms with van der Waals surface area (Å²) >= 11 is 0. The minimum atomic E-state index is -0.175. The Kier molecular flexibility index (Phi) is 4.73. The average Bonchev–Trinajstić information content (AvgIpc) is 2.89. The van der Waals surface area contributed by atoms with E-state index in [2.05, 4.69) is 35.7 Å². The number of H-pyrrole nitrogens is 1. The quantitative estimate of drug-likeness (QED) is 0.576. The number of rotatable bonds is 6. The summed E-state index contributed by atoms with van der Waals surface area (Å²) in [6.45, 7) is 4.86. The van der Waals surface area contributed by atoms with E-state index >= 15 is 0 Å². The van der Waals surface area contributed by atoms with Gasteiger partial charge in [-0.15, -0.1) is 0 Å². The molecular weight excluding hydrogens is 320 g/mol. The van der Waals surface area contributed by atoms with E-state index in [1.807, 2.05) is 26.2 Å². The molecule has 9 heteroatoms. The minimum absolute atomic E-state index is 0.175. The van der Waals surface area contributed by atoms with E-state index in [0.717, 1.165) is 17.0 Å². The second-order valence-electron chi connectivity index (χ2n) is 5.66. The van der Waals surface area contributed by atoms with E-state index in [0.29, 0.717) is 30.7 Å². The molecule has 3 N–H and O–H groups in total. The Bertz CT molecular complexity index is 930. The molecule has 0 aromatic carbocycles. The van der Waals surface area contributed by atoms with E-state index in [9.17, 15) is 4.79 Å². The zero-order chi connectivity index (χ0) is 17.8. The fourth-order valence-electron chi connectivity index (χ4n) is 2.46. The van der Waals surface area contributed by atoms with Crippen LogP contribution < -0.4 is 16.2 Å². The second-order valence-corrected chi connectivity index (χ2v) is 5.66. The van der Waals surface area contributed by atoms with E-state index in [4.69, 9.17) is 0 Å². The van der Waals surface area contributed by atoms with Crippen LogP contribution in [0.3, 0.4) is 0 Å². The van der Waals surface area contributed by atoms with Gasteiger partial charge in [0.05, 0.1) is 11.4 Å². The fraction of sp³-hybridized carbons (Fsp3) is 0.312. The Morgan fingerprint density at radius 3 is 2.72 bits per heavy atom. The van der Waals surface area contributed by atoms with Crippen LogP contribution in [0.15, 0.2) is 29.3 Å². The monoisotopic (exact) mass is 340 g/mol. The number of anilines is 2. The predicted molar refractivity (Wildman–Crippen MR) is 95.5 cm³/mol. The lowest BCUT2D eigenvalue weighted by Gasteiger charge is -2.08. The van der Waals surface area contributed by atoms with E-state index in [-0.39, 0.29) is 5.56 Å². The molecule has 0 fully saturated rings. The van der Waals surface area contributed by atoms with Crippen LogP contribution in [-0.2, 0) is 7.05 Å². The van der Waals surface area contributed by atoms with Gasteiger partial charge in [-0.3, -0.25) is 14.5 Å². The summed E-state index contributed by atoms with van der Waals surface area (Å²) in [5.41, 5.74) is 3.21. The van der Waals surface area contributed by atoms with Gasteiger partial charge in [0.25, 0.3) is 5.56 Å². The van der Waals surface area contributed by atoms with Crippen LogP contribution in [0.5, 0.6) is 0 Å². The van der Waals surface area contributed by atoms with Crippen LogP contribution in [0.1, 0.15) is 11.4 Å². The molecule has 9 nitrogen and oxygen atoms in total. The smallest absolute Gasteiger partial charge is 0.252 e. The molecule has 0 atom stereocenters. The van der Waals surface area contributed by atoms with Crippen LogP contribution in [0, 0.1) is 13.8 Å². The van der Waals surface area contributed by atoms with E-state index in [1.165, 1.54) is 6.07 Å². The van der Waals surface area contributed by atoms with Crippen LogP contribution in [0.2, 0.25) is 0 Å². The van der Waals surface area contributed by atoms with Crippen molar-refractivity contribution in [3.63, 3.8) is 0 Å². The molecule has 0 aliphatic heterocycles. The third kappa shape index (κ3) is 4.19. The first kappa shape index (κ1) is 16.6. The number of aromatic nitrogens is 6. The lowest BCUT2D eigenvalue weighted by atomic mass is 10.2. The van der Waals surface area contributed by atoms with E-state index in [1.54, 1.807) is 17.8 Å². The van der Waals surface area contributed by atoms with Gasteiger partial charge in [0, 0.05) is 49.9 Å². The average molecular weight is 340 g/mol. The van der Waals surface area contributed by atoms with Crippen molar-refractivity contribution >= 4 is 11.9 Å². The molecule has 130 valence electrons. The maximum Gasteiger partial charge on any atom is 0.252 e. The van der Waals surface area contributed by atoms with Crippen molar-refractivity contribution in [3.8, 4) is 11.3 Å². The van der Waals surface area contributed by atoms with Gasteiger partial charge in [0.2, 0.25) is 11.9 Å². The van der Waals surface area contributed by atoms with Gasteiger partial charge in [-0.2, -0.15) is 5.10 Å². The lowest BCUT2D eigenvalue weighted by molar-refractivity contribution is 0.756. The fourth-order valence-corrected chi connectivity index (χ4v) is 2.46. The van der Waals surface area contributed by atoms with Gasteiger partial charge in [-0.25, -0.2) is 15.0 Å². The summed E-state index contributed by atoms with van der Waals surface area (Å²) in [5.74, 6) is 0.987. The topological polar surface area (TPSA) is 113 Å². The lowest BCUT2D eigenvalue weighted by Crippen LogP contribution is -2.19. The zero-order valence-electron chi connectivity index (χ0n) is 14.4. The van der Waals surface area contributed by atoms with Crippen molar-refractivity contribution in [2.45, 2.75) is 13.8 Å². The molecule has 0 aliphatic rings. The van der Waals surface area contributed by atoms with Crippen molar-refractivity contribution in [1.29, 1.82) is 0 Å². The molecule has 0 saturated heterocycles. The predicted octanol–water partition coefficient (Wildman–Crippen LogP) is 1.10. The normalized spacial score (nSPS) is 10.7. The van der Waals surface area contributed by atoms with Crippen LogP contribution in [-0.4, -0.2) is 42.8 Å². The molecule has 0 aliphatic carbocycles. The summed E-state index contributed by atoms with van der Waals surface area (Å²) in [6.07, 6.45) is 3.65. The Hall–Kier alpha value is -3.23. The molecule has 0 bridgehead atoms. The molecule has 3 heterocycles. The molecule has 0 unspecified atom stereocenters. The van der Waals surface area contributed by atoms with Crippen LogP contribution in [0.4, 0.5) is 11.9 Å². The molecule has 0 saturated carbocycles. The van der Waals surface area contributed by atoms with Gasteiger partial charge < -0.3 is 10.6 Å². The number of nitrogens with zero attached hydrogens (tertiary/aromatic N) is 5. The molecule has 25 heavy (non-hydrogen) atoms. The van der Waals surface area contributed by atoms with Gasteiger partial charge >= 0.3 is 0 Å². The number of aryl methyl sites for hydroxylation is 3. The van der Waals surface area contributed by atoms with Crippen molar-refractivity contribution < 1.29 is 0 Å². The first-order chi connectivity index (χ1) is 12.0. The highest BCUT2D eigenvalue weighted by atomic mass is 16.1. The molecule has 3 rings (SSSR count). The summed E-state index contributed by atoms with van der Waals surface area (Å²) in [4.78, 5) is 27.0. The van der Waals surface area contributed by atoms with Gasteiger partial charge in [-0.05, 0) is 19.9 Å². The molecule has 3 aromatic rings. The number of aromatic amines is 1. The largest absolute Gasteiger partial charge is 0.354 e. The standard InChI is InChI=1S/C16H20N8O/c1-10-8-14(25)22-16(20-10)19-7-6-18-15-17-5-4-13(21-15)12-9-24(3)23-11(12)2/h4-5,8-9H,6-7H2,1-3H3,(H,17,18,21)(H2,19,20,22,25). The molecule has 0 amide bonds. The molecule has 3 aromatic heterocycles. The van der Waals surface area contributed by atoms with Crippen molar-refractivity contribution in [2.24, 2.45) is 7.05 Å². The van der Waals surface area contributed by atoms with Crippen molar-refractivity contribution in [2.75, 3.05) is 23.7 Å². The summed E-state index contributed by atoms with van der Waals surface area (Å²) in [6, 6.07) is 3.30. The molecule has 0 spiro atoms. The Morgan fingerprint density at radius 2 is 2.00 bits per heavy atom. The second kappa shape index (κ2) is 7.12. The van der Waals surface area contributed by atoms with Crippen LogP contribution in [0.25, 0.3) is 11.3 Å². The Balaban J connectivity index is 1.59. The zero-order valence-corrected chi connectivity index (χ0v) is 14.4. The SMILES string of the molecule is Cc1cc(=O)[nH]c(NCCNc2nccc(-c3cn(C)nc3C)n2)n1. The highest BCUT2D eigenvalue weighted by Gasteiger charge is 2.08. The molecule has 0 radical (unpaired) electrons. The highest BCUT2D eigenvalue weighted by Crippen LogP contribution is 2.20. The molecular formula is C16H20N8O. The highest BCUT2D eigenvalue weighted by molar-refractivity contribution is 5.61. The van der Waals surface area contributed by atoms with Gasteiger partial charge in [0.1, 0.15) is 0 Å². The summed E-state index contributed by atoms with van der Waals surface area (Å²) in [7, 11) is 1.88. The van der Waals surface area contributed by atoms with Crippen molar-refractivity contribution in [3.05, 3.63) is 46.3 Å². The first-order valence-electron chi connectivity index (χ1n) is 7.90.